The molecule has 0 N–H and O–H groups in total. The number of ether oxygens (including phenoxy) is 2. The van der Waals surface area contributed by atoms with Crippen molar-refractivity contribution in [3.63, 3.8) is 0 Å². The molecule has 166 valence electrons. The van der Waals surface area contributed by atoms with Gasteiger partial charge in [-0.15, -0.1) is 0 Å². The normalized spacial score (nSPS) is 24.5. The molecule has 0 aliphatic carbocycles. The number of carbonyl (C=O) groups excluding carboxylic acids is 1. The van der Waals surface area contributed by atoms with E-state index in [-0.39, 0.29) is 17.9 Å². The summed E-state index contributed by atoms with van der Waals surface area (Å²) in [6.45, 7) is 6.88. The van der Waals surface area contributed by atoms with E-state index in [4.69, 9.17) is 19.0 Å². The zero-order valence-corrected chi connectivity index (χ0v) is 18.0. The molecule has 1 amide bonds. The third kappa shape index (κ3) is 4.29. The number of hydrogen-bond acceptors (Lipinski definition) is 8. The third-order valence-corrected chi connectivity index (χ3v) is 6.32. The van der Waals surface area contributed by atoms with Crippen LogP contribution in [0.4, 0.5) is 5.95 Å². The molecule has 9 nitrogen and oxygen atoms in total. The van der Waals surface area contributed by atoms with E-state index in [1.54, 1.807) is 0 Å². The van der Waals surface area contributed by atoms with Gasteiger partial charge in [-0.1, -0.05) is 5.16 Å². The molecule has 9 heteroatoms. The number of amides is 1. The van der Waals surface area contributed by atoms with Crippen molar-refractivity contribution in [2.24, 2.45) is 0 Å². The molecular formula is C22H29N5O4. The Morgan fingerprint density at radius 1 is 1.13 bits per heavy atom. The molecule has 0 unspecified atom stereocenters. The number of nitrogens with zero attached hydrogens (tertiary/aromatic N) is 5. The van der Waals surface area contributed by atoms with Gasteiger partial charge in [0, 0.05) is 51.0 Å². The van der Waals surface area contributed by atoms with E-state index in [2.05, 4.69) is 15.0 Å². The number of piperidine rings is 1. The number of morpholine rings is 1. The maximum absolute atomic E-state index is 13.0. The van der Waals surface area contributed by atoms with Crippen LogP contribution in [0.1, 0.15) is 43.0 Å². The van der Waals surface area contributed by atoms with Crippen LogP contribution in [0.3, 0.4) is 0 Å². The fourth-order valence-electron chi connectivity index (χ4n) is 4.67. The van der Waals surface area contributed by atoms with Crippen molar-refractivity contribution in [1.29, 1.82) is 0 Å². The molecule has 3 fully saturated rings. The highest BCUT2D eigenvalue weighted by Gasteiger charge is 2.34. The van der Waals surface area contributed by atoms with Gasteiger partial charge in [0.15, 0.2) is 5.76 Å². The number of aromatic nitrogens is 3. The summed E-state index contributed by atoms with van der Waals surface area (Å²) < 4.78 is 16.7. The van der Waals surface area contributed by atoms with Crippen molar-refractivity contribution >= 4 is 11.9 Å². The minimum absolute atomic E-state index is 0.113. The van der Waals surface area contributed by atoms with Crippen LogP contribution in [0.5, 0.6) is 0 Å². The highest BCUT2D eigenvalue weighted by molar-refractivity contribution is 5.81. The Balaban J connectivity index is 1.45. The number of carbonyl (C=O) groups is 1. The minimum atomic E-state index is -0.288. The van der Waals surface area contributed by atoms with Crippen LogP contribution in [0.25, 0.3) is 11.3 Å². The summed E-state index contributed by atoms with van der Waals surface area (Å²) in [6.07, 6.45) is 5.23. The molecule has 2 atom stereocenters. The van der Waals surface area contributed by atoms with E-state index in [9.17, 15) is 4.79 Å². The number of likely N-dealkylation sites (tertiary alicyclic amines) is 1. The Hall–Kier alpha value is -2.52. The maximum atomic E-state index is 13.0. The Morgan fingerprint density at radius 2 is 2.00 bits per heavy atom. The van der Waals surface area contributed by atoms with Crippen LogP contribution in [-0.4, -0.2) is 78.0 Å². The maximum Gasteiger partial charge on any atom is 0.251 e. The zero-order valence-electron chi connectivity index (χ0n) is 18.0. The summed E-state index contributed by atoms with van der Waals surface area (Å²) in [4.78, 5) is 26.7. The molecule has 0 saturated carbocycles. The summed E-state index contributed by atoms with van der Waals surface area (Å²) in [7, 11) is 0. The molecule has 3 aliphatic rings. The number of hydrogen-bond donors (Lipinski definition) is 0. The summed E-state index contributed by atoms with van der Waals surface area (Å²) in [5.41, 5.74) is 2.60. The summed E-state index contributed by atoms with van der Waals surface area (Å²) in [5.74, 6) is 1.61. The zero-order chi connectivity index (χ0) is 21.2. The van der Waals surface area contributed by atoms with Crippen LogP contribution in [0.15, 0.2) is 16.8 Å². The van der Waals surface area contributed by atoms with Gasteiger partial charge in [-0.3, -0.25) is 4.79 Å². The second-order valence-electron chi connectivity index (χ2n) is 8.53. The molecule has 3 aliphatic heterocycles. The minimum Gasteiger partial charge on any atom is -0.378 e. The van der Waals surface area contributed by atoms with Crippen LogP contribution in [-0.2, 0) is 14.3 Å². The number of anilines is 1. The van der Waals surface area contributed by atoms with Gasteiger partial charge >= 0.3 is 0 Å². The van der Waals surface area contributed by atoms with Gasteiger partial charge in [0.25, 0.3) is 5.91 Å². The quantitative estimate of drug-likeness (QED) is 0.733. The Labute approximate surface area is 181 Å². The third-order valence-electron chi connectivity index (χ3n) is 6.32. The van der Waals surface area contributed by atoms with Crippen LogP contribution in [0, 0.1) is 6.92 Å². The SMILES string of the molecule is Cc1cc(-c2cnc(N3CCOCC3)nc2[C@@H]2CCCN(C(=O)[C@H]3CCCO3)C2)on1. The van der Waals surface area contributed by atoms with Crippen LogP contribution in [0.2, 0.25) is 0 Å². The van der Waals surface area contributed by atoms with Crippen molar-refractivity contribution in [3.05, 3.63) is 23.7 Å². The number of rotatable bonds is 4. The van der Waals surface area contributed by atoms with Crippen molar-refractivity contribution in [1.82, 2.24) is 20.0 Å². The largest absolute Gasteiger partial charge is 0.378 e. The van der Waals surface area contributed by atoms with E-state index < -0.39 is 0 Å². The average Bonchev–Trinajstić information content (AvgIpc) is 3.51. The van der Waals surface area contributed by atoms with Crippen molar-refractivity contribution in [3.8, 4) is 11.3 Å². The predicted octanol–water partition coefficient (Wildman–Crippen LogP) is 2.16. The van der Waals surface area contributed by atoms with Crippen molar-refractivity contribution < 1.29 is 18.8 Å². The molecule has 5 rings (SSSR count). The second-order valence-corrected chi connectivity index (χ2v) is 8.53. The highest BCUT2D eigenvalue weighted by atomic mass is 16.5. The fourth-order valence-corrected chi connectivity index (χ4v) is 4.67. The van der Waals surface area contributed by atoms with Crippen LogP contribution >= 0.6 is 0 Å². The lowest BCUT2D eigenvalue weighted by molar-refractivity contribution is -0.142. The molecule has 3 saturated heterocycles. The van der Waals surface area contributed by atoms with Gasteiger partial charge in [-0.2, -0.15) is 0 Å². The summed E-state index contributed by atoms with van der Waals surface area (Å²) >= 11 is 0. The first-order chi connectivity index (χ1) is 15.2. The topological polar surface area (TPSA) is 93.8 Å². The molecule has 2 aromatic heterocycles. The van der Waals surface area contributed by atoms with Gasteiger partial charge in [0.1, 0.15) is 6.10 Å². The van der Waals surface area contributed by atoms with E-state index >= 15 is 0 Å². The summed E-state index contributed by atoms with van der Waals surface area (Å²) in [6, 6.07) is 1.91. The molecule has 5 heterocycles. The predicted molar refractivity (Wildman–Crippen MR) is 113 cm³/mol. The van der Waals surface area contributed by atoms with Gasteiger partial charge < -0.3 is 23.8 Å². The van der Waals surface area contributed by atoms with Gasteiger partial charge in [-0.05, 0) is 32.6 Å². The van der Waals surface area contributed by atoms with Gasteiger partial charge in [0.05, 0.1) is 30.2 Å². The fraction of sp³-hybridized carbons (Fsp3) is 0.636. The molecule has 2 aromatic rings. The first-order valence-corrected chi connectivity index (χ1v) is 11.2. The van der Waals surface area contributed by atoms with Gasteiger partial charge in [0.2, 0.25) is 5.95 Å². The van der Waals surface area contributed by atoms with Crippen molar-refractivity contribution in [2.75, 3.05) is 50.9 Å². The van der Waals surface area contributed by atoms with E-state index in [0.717, 1.165) is 62.3 Å². The standard InChI is InChI=1S/C22H29N5O4/c1-15-12-19(31-25-15)17-13-23-22(26-7-10-29-11-8-26)24-20(17)16-4-2-6-27(14-16)21(28)18-5-3-9-30-18/h12-13,16,18H,2-11,14H2,1H3/t16-,18-/m1/s1. The first kappa shape index (κ1) is 20.4. The van der Waals surface area contributed by atoms with E-state index in [0.29, 0.717) is 38.1 Å². The molecule has 0 aromatic carbocycles. The number of aryl methyl sites for hydroxylation is 1. The Kier molecular flexibility index (Phi) is 5.87. The first-order valence-electron chi connectivity index (χ1n) is 11.2. The van der Waals surface area contributed by atoms with E-state index in [1.807, 2.05) is 24.1 Å². The monoisotopic (exact) mass is 427 g/mol. The highest BCUT2D eigenvalue weighted by Crippen LogP contribution is 2.35. The van der Waals surface area contributed by atoms with E-state index in [1.165, 1.54) is 0 Å². The summed E-state index contributed by atoms with van der Waals surface area (Å²) in [5, 5.41) is 4.05. The smallest absolute Gasteiger partial charge is 0.251 e. The Bertz CT molecular complexity index is 920. The molecule has 0 spiro atoms. The molecule has 0 radical (unpaired) electrons. The molecular weight excluding hydrogens is 398 g/mol. The lowest BCUT2D eigenvalue weighted by atomic mass is 9.91. The van der Waals surface area contributed by atoms with Gasteiger partial charge in [-0.25, -0.2) is 9.97 Å². The van der Waals surface area contributed by atoms with Crippen molar-refractivity contribution in [2.45, 2.75) is 44.6 Å². The Morgan fingerprint density at radius 3 is 2.74 bits per heavy atom. The molecule has 0 bridgehead atoms. The lowest BCUT2D eigenvalue weighted by Gasteiger charge is -2.35. The average molecular weight is 428 g/mol. The second kappa shape index (κ2) is 8.92. The lowest BCUT2D eigenvalue weighted by Crippen LogP contribution is -2.44. The van der Waals surface area contributed by atoms with Crippen LogP contribution < -0.4 is 4.90 Å². The molecule has 31 heavy (non-hydrogen) atoms.